The van der Waals surface area contributed by atoms with Gasteiger partial charge in [0.25, 0.3) is 0 Å². The van der Waals surface area contributed by atoms with Crippen LogP contribution < -0.4 is 4.90 Å². The van der Waals surface area contributed by atoms with Crippen molar-refractivity contribution in [3.63, 3.8) is 0 Å². The number of hydrogen-bond donors (Lipinski definition) is 1. The largest absolute Gasteiger partial charge is 0.478 e. The average Bonchev–Trinajstić information content (AvgIpc) is 2.76. The molecule has 1 aliphatic heterocycles. The Morgan fingerprint density at radius 2 is 2.11 bits per heavy atom. The van der Waals surface area contributed by atoms with Gasteiger partial charge in [-0.25, -0.2) is 4.79 Å². The van der Waals surface area contributed by atoms with Crippen LogP contribution in [0.25, 0.3) is 0 Å². The first kappa shape index (κ1) is 12.2. The van der Waals surface area contributed by atoms with Crippen LogP contribution in [-0.2, 0) is 11.2 Å². The number of amides is 1. The molecule has 1 N–H and O–H groups in total. The zero-order valence-corrected chi connectivity index (χ0v) is 10.8. The maximum absolute atomic E-state index is 12.3. The van der Waals surface area contributed by atoms with Crippen molar-refractivity contribution in [3.8, 4) is 0 Å². The van der Waals surface area contributed by atoms with Crippen molar-refractivity contribution in [1.82, 2.24) is 0 Å². The van der Waals surface area contributed by atoms with E-state index in [2.05, 4.69) is 0 Å². The number of carbonyl (C=O) groups is 2. The highest BCUT2D eigenvalue weighted by molar-refractivity contribution is 5.97. The van der Waals surface area contributed by atoms with E-state index >= 15 is 0 Å². The summed E-state index contributed by atoms with van der Waals surface area (Å²) >= 11 is 0. The van der Waals surface area contributed by atoms with Gasteiger partial charge in [-0.05, 0) is 42.9 Å². The van der Waals surface area contributed by atoms with E-state index in [0.29, 0.717) is 18.9 Å². The molecule has 1 aromatic rings. The summed E-state index contributed by atoms with van der Waals surface area (Å²) in [4.78, 5) is 25.0. The fourth-order valence-electron chi connectivity index (χ4n) is 2.83. The first-order chi connectivity index (χ1) is 9.15. The van der Waals surface area contributed by atoms with Gasteiger partial charge in [-0.15, -0.1) is 0 Å². The van der Waals surface area contributed by atoms with Crippen molar-refractivity contribution >= 4 is 17.6 Å². The Hall–Kier alpha value is -1.84. The molecule has 4 heteroatoms. The topological polar surface area (TPSA) is 57.6 Å². The smallest absolute Gasteiger partial charge is 0.335 e. The van der Waals surface area contributed by atoms with Gasteiger partial charge < -0.3 is 10.0 Å². The fourth-order valence-corrected chi connectivity index (χ4v) is 2.83. The highest BCUT2D eigenvalue weighted by Crippen LogP contribution is 2.34. The number of carboxylic acids is 1. The van der Waals surface area contributed by atoms with Crippen molar-refractivity contribution in [2.24, 2.45) is 5.92 Å². The molecule has 1 amide bonds. The number of carbonyl (C=O) groups excluding carboxylic acids is 1. The molecular weight excluding hydrogens is 242 g/mol. The predicted molar refractivity (Wildman–Crippen MR) is 71.4 cm³/mol. The van der Waals surface area contributed by atoms with Gasteiger partial charge in [0.05, 0.1) is 5.56 Å². The molecule has 3 rings (SSSR count). The molecule has 0 unspecified atom stereocenters. The van der Waals surface area contributed by atoms with Gasteiger partial charge in [0.15, 0.2) is 0 Å². The van der Waals surface area contributed by atoms with Gasteiger partial charge in [-0.2, -0.15) is 0 Å². The third-order valence-corrected chi connectivity index (χ3v) is 4.22. The lowest BCUT2D eigenvalue weighted by atomic mass is 9.82. The summed E-state index contributed by atoms with van der Waals surface area (Å²) in [7, 11) is 0. The van der Waals surface area contributed by atoms with E-state index < -0.39 is 5.97 Å². The Bertz CT molecular complexity index is 534. The molecule has 100 valence electrons. The zero-order valence-electron chi connectivity index (χ0n) is 10.8. The molecule has 2 aliphatic rings. The average molecular weight is 259 g/mol. The zero-order chi connectivity index (χ0) is 13.4. The molecule has 1 fully saturated rings. The van der Waals surface area contributed by atoms with Crippen LogP contribution in [0.4, 0.5) is 5.69 Å². The maximum atomic E-state index is 12.3. The van der Waals surface area contributed by atoms with Gasteiger partial charge in [0.2, 0.25) is 5.91 Å². The summed E-state index contributed by atoms with van der Waals surface area (Å²) in [6, 6.07) is 5.07. The van der Waals surface area contributed by atoms with Gasteiger partial charge in [-0.3, -0.25) is 4.79 Å². The summed E-state index contributed by atoms with van der Waals surface area (Å²) in [6.45, 7) is 0.684. The van der Waals surface area contributed by atoms with E-state index in [-0.39, 0.29) is 11.5 Å². The third kappa shape index (κ3) is 2.23. The summed E-state index contributed by atoms with van der Waals surface area (Å²) in [5, 5.41) is 9.03. The summed E-state index contributed by atoms with van der Waals surface area (Å²) < 4.78 is 0. The molecule has 0 radical (unpaired) electrons. The lowest BCUT2D eigenvalue weighted by Gasteiger charge is -2.27. The first-order valence-corrected chi connectivity index (χ1v) is 6.82. The van der Waals surface area contributed by atoms with Gasteiger partial charge in [0.1, 0.15) is 0 Å². The van der Waals surface area contributed by atoms with Gasteiger partial charge in [-0.1, -0.05) is 12.5 Å². The maximum Gasteiger partial charge on any atom is 0.335 e. The van der Waals surface area contributed by atoms with Crippen LogP contribution in [0, 0.1) is 5.92 Å². The molecule has 0 bridgehead atoms. The number of fused-ring (bicyclic) bond motifs is 1. The van der Waals surface area contributed by atoms with Crippen molar-refractivity contribution in [2.45, 2.75) is 32.1 Å². The molecule has 1 aliphatic carbocycles. The van der Waals surface area contributed by atoms with Gasteiger partial charge in [0, 0.05) is 18.7 Å². The van der Waals surface area contributed by atoms with E-state index in [9.17, 15) is 9.59 Å². The molecule has 1 saturated carbocycles. The molecule has 19 heavy (non-hydrogen) atoms. The summed E-state index contributed by atoms with van der Waals surface area (Å²) in [5.41, 5.74) is 2.12. The number of carboxylic acid groups (broad SMARTS) is 1. The van der Waals surface area contributed by atoms with Crippen molar-refractivity contribution < 1.29 is 14.7 Å². The van der Waals surface area contributed by atoms with E-state index in [1.54, 1.807) is 17.0 Å². The molecule has 4 nitrogen and oxygen atoms in total. The van der Waals surface area contributed by atoms with Gasteiger partial charge >= 0.3 is 5.97 Å². The van der Waals surface area contributed by atoms with Crippen LogP contribution >= 0.6 is 0 Å². The quantitative estimate of drug-likeness (QED) is 0.907. The van der Waals surface area contributed by atoms with Crippen LogP contribution in [0.2, 0.25) is 0 Å². The number of hydrogen-bond acceptors (Lipinski definition) is 2. The summed E-state index contributed by atoms with van der Waals surface area (Å²) in [6.07, 6.45) is 4.98. The van der Waals surface area contributed by atoms with E-state index in [0.717, 1.165) is 30.5 Å². The summed E-state index contributed by atoms with van der Waals surface area (Å²) in [5.74, 6) is -0.258. The highest BCUT2D eigenvalue weighted by atomic mass is 16.4. The number of benzene rings is 1. The third-order valence-electron chi connectivity index (χ3n) is 4.22. The standard InChI is InChI=1S/C15H17NO3/c17-14(8-10-2-1-3-10)16-7-6-11-4-5-12(15(18)19)9-13(11)16/h4-5,9-10H,1-3,6-8H2,(H,18,19). The minimum atomic E-state index is -0.943. The number of anilines is 1. The Morgan fingerprint density at radius 3 is 2.74 bits per heavy atom. The first-order valence-electron chi connectivity index (χ1n) is 6.82. The predicted octanol–water partition coefficient (Wildman–Crippen LogP) is 2.46. The molecule has 0 spiro atoms. The number of aromatic carboxylic acids is 1. The highest BCUT2D eigenvalue weighted by Gasteiger charge is 2.29. The van der Waals surface area contributed by atoms with Crippen molar-refractivity contribution in [3.05, 3.63) is 29.3 Å². The molecular formula is C15H17NO3. The SMILES string of the molecule is O=C(O)c1ccc2c(c1)N(C(=O)CC1CCC1)CC2. The fraction of sp³-hybridized carbons (Fsp3) is 0.467. The van der Waals surface area contributed by atoms with Crippen molar-refractivity contribution in [1.29, 1.82) is 0 Å². The molecule has 0 saturated heterocycles. The lowest BCUT2D eigenvalue weighted by Crippen LogP contribution is -2.32. The second-order valence-corrected chi connectivity index (χ2v) is 5.45. The minimum Gasteiger partial charge on any atom is -0.478 e. The molecule has 1 aromatic carbocycles. The monoisotopic (exact) mass is 259 g/mol. The molecule has 1 heterocycles. The number of rotatable bonds is 3. The Labute approximate surface area is 112 Å². The molecule has 0 atom stereocenters. The van der Waals surface area contributed by atoms with Crippen LogP contribution in [-0.4, -0.2) is 23.5 Å². The minimum absolute atomic E-state index is 0.144. The molecule has 0 aromatic heterocycles. The van der Waals surface area contributed by atoms with E-state index in [1.807, 2.05) is 6.07 Å². The van der Waals surface area contributed by atoms with E-state index in [1.165, 1.54) is 6.42 Å². The van der Waals surface area contributed by atoms with Crippen LogP contribution in [0.3, 0.4) is 0 Å². The van der Waals surface area contributed by atoms with E-state index in [4.69, 9.17) is 5.11 Å². The van der Waals surface area contributed by atoms with Crippen LogP contribution in [0.15, 0.2) is 18.2 Å². The van der Waals surface area contributed by atoms with Crippen molar-refractivity contribution in [2.75, 3.05) is 11.4 Å². The number of nitrogens with zero attached hydrogens (tertiary/aromatic N) is 1. The Kier molecular flexibility index (Phi) is 3.01. The van der Waals surface area contributed by atoms with Crippen LogP contribution in [0.1, 0.15) is 41.6 Å². The second kappa shape index (κ2) is 4.68. The second-order valence-electron chi connectivity index (χ2n) is 5.45. The Morgan fingerprint density at radius 1 is 1.32 bits per heavy atom. The lowest BCUT2D eigenvalue weighted by molar-refractivity contribution is -0.120. The van der Waals surface area contributed by atoms with Crippen LogP contribution in [0.5, 0.6) is 0 Å². The Balaban J connectivity index is 1.81. The normalized spacial score (nSPS) is 18.0.